The number of rotatable bonds is 6. The van der Waals surface area contributed by atoms with Gasteiger partial charge in [-0.1, -0.05) is 12.1 Å². The molecule has 0 aromatic heterocycles. The molecule has 0 N–H and O–H groups in total. The maximum atomic E-state index is 12.8. The third kappa shape index (κ3) is 3.90. The molecule has 0 unspecified atom stereocenters. The van der Waals surface area contributed by atoms with E-state index in [0.29, 0.717) is 17.9 Å². The Morgan fingerprint density at radius 1 is 1.15 bits per heavy atom. The van der Waals surface area contributed by atoms with E-state index >= 15 is 0 Å². The summed E-state index contributed by atoms with van der Waals surface area (Å²) in [5.74, 6) is 0.0480. The van der Waals surface area contributed by atoms with Crippen LogP contribution in [0.25, 0.3) is 0 Å². The van der Waals surface area contributed by atoms with E-state index in [1.807, 2.05) is 18.2 Å². The first-order valence-electron chi connectivity index (χ1n) is 6.18. The fourth-order valence-corrected chi connectivity index (χ4v) is 1.76. The summed E-state index contributed by atoms with van der Waals surface area (Å²) in [7, 11) is 1.62. The highest BCUT2D eigenvalue weighted by molar-refractivity contribution is 5.97. The first-order chi connectivity index (χ1) is 9.69. The van der Waals surface area contributed by atoms with Crippen molar-refractivity contribution in [1.82, 2.24) is 0 Å². The lowest BCUT2D eigenvalue weighted by atomic mass is 10.1. The van der Waals surface area contributed by atoms with Crippen LogP contribution in [0.1, 0.15) is 15.9 Å². The molecule has 2 aromatic rings. The molecule has 104 valence electrons. The monoisotopic (exact) mass is 274 g/mol. The van der Waals surface area contributed by atoms with Gasteiger partial charge in [-0.15, -0.1) is 0 Å². The molecule has 3 nitrogen and oxygen atoms in total. The molecule has 0 amide bonds. The summed E-state index contributed by atoms with van der Waals surface area (Å²) in [6.45, 7) is 0.408. The zero-order valence-corrected chi connectivity index (χ0v) is 11.1. The van der Waals surface area contributed by atoms with Gasteiger partial charge in [0.2, 0.25) is 0 Å². The third-order valence-electron chi connectivity index (χ3n) is 2.75. The minimum atomic E-state index is -0.366. The van der Waals surface area contributed by atoms with E-state index in [-0.39, 0.29) is 18.2 Å². The average Bonchev–Trinajstić information content (AvgIpc) is 2.46. The zero-order chi connectivity index (χ0) is 14.4. The first kappa shape index (κ1) is 14.2. The average molecular weight is 274 g/mol. The van der Waals surface area contributed by atoms with Crippen molar-refractivity contribution in [3.05, 3.63) is 65.5 Å². The number of ketones is 1. The molecule has 0 heterocycles. The van der Waals surface area contributed by atoms with Gasteiger partial charge in [0.1, 0.15) is 11.6 Å². The molecule has 0 saturated carbocycles. The Balaban J connectivity index is 1.96. The molecule has 0 fully saturated rings. The number of carbonyl (C=O) groups excluding carboxylic acids is 1. The van der Waals surface area contributed by atoms with E-state index in [9.17, 15) is 9.18 Å². The molecule has 0 aliphatic rings. The van der Waals surface area contributed by atoms with Gasteiger partial charge in [-0.3, -0.25) is 4.79 Å². The molecular weight excluding hydrogens is 259 g/mol. The topological polar surface area (TPSA) is 35.5 Å². The van der Waals surface area contributed by atoms with E-state index in [0.717, 1.165) is 5.56 Å². The van der Waals surface area contributed by atoms with Gasteiger partial charge in [0.25, 0.3) is 0 Å². The summed E-state index contributed by atoms with van der Waals surface area (Å²) < 4.78 is 23.2. The van der Waals surface area contributed by atoms with Crippen molar-refractivity contribution >= 4 is 5.78 Å². The fraction of sp³-hybridized carbons (Fsp3) is 0.188. The Kier molecular flexibility index (Phi) is 4.85. The number of halogens is 1. The minimum absolute atomic E-state index is 0.0813. The summed E-state index contributed by atoms with van der Waals surface area (Å²) in [5.41, 5.74) is 1.40. The zero-order valence-electron chi connectivity index (χ0n) is 11.1. The summed E-state index contributed by atoms with van der Waals surface area (Å²) in [6.07, 6.45) is 0. The molecule has 0 bridgehead atoms. The number of ether oxygens (including phenoxy) is 2. The highest BCUT2D eigenvalue weighted by Gasteiger charge is 2.07. The molecule has 20 heavy (non-hydrogen) atoms. The lowest BCUT2D eigenvalue weighted by Crippen LogP contribution is -2.11. The number of carbonyl (C=O) groups is 1. The fourth-order valence-electron chi connectivity index (χ4n) is 1.76. The van der Waals surface area contributed by atoms with Crippen molar-refractivity contribution in [2.24, 2.45) is 0 Å². The lowest BCUT2D eigenvalue weighted by Gasteiger charge is -2.07. The van der Waals surface area contributed by atoms with E-state index < -0.39 is 0 Å². The van der Waals surface area contributed by atoms with E-state index in [2.05, 4.69) is 0 Å². The molecule has 0 saturated heterocycles. The standard InChI is InChI=1S/C16H15FO3/c1-19-10-12-3-2-4-15(9-12)20-11-16(18)13-5-7-14(17)8-6-13/h2-9H,10-11H2,1H3. The number of benzene rings is 2. The smallest absolute Gasteiger partial charge is 0.200 e. The van der Waals surface area contributed by atoms with Crippen LogP contribution in [0.4, 0.5) is 4.39 Å². The largest absolute Gasteiger partial charge is 0.485 e. The van der Waals surface area contributed by atoms with Crippen molar-refractivity contribution in [2.75, 3.05) is 13.7 Å². The molecule has 2 rings (SSSR count). The summed E-state index contributed by atoms with van der Waals surface area (Å²) in [4.78, 5) is 11.9. The van der Waals surface area contributed by atoms with Crippen molar-refractivity contribution in [3.8, 4) is 5.75 Å². The van der Waals surface area contributed by atoms with Crippen LogP contribution < -0.4 is 4.74 Å². The van der Waals surface area contributed by atoms with E-state index in [4.69, 9.17) is 9.47 Å². The van der Waals surface area contributed by atoms with Gasteiger partial charge in [0, 0.05) is 12.7 Å². The van der Waals surface area contributed by atoms with Crippen molar-refractivity contribution in [1.29, 1.82) is 0 Å². The van der Waals surface area contributed by atoms with Gasteiger partial charge in [0.05, 0.1) is 6.61 Å². The number of hydrogen-bond donors (Lipinski definition) is 0. The summed E-state index contributed by atoms with van der Waals surface area (Å²) >= 11 is 0. The summed E-state index contributed by atoms with van der Waals surface area (Å²) in [5, 5.41) is 0. The van der Waals surface area contributed by atoms with Crippen LogP contribution in [-0.2, 0) is 11.3 Å². The predicted octanol–water partition coefficient (Wildman–Crippen LogP) is 3.23. The highest BCUT2D eigenvalue weighted by Crippen LogP contribution is 2.14. The second-order valence-electron chi connectivity index (χ2n) is 4.30. The molecular formula is C16H15FO3. The Labute approximate surface area is 117 Å². The summed E-state index contributed by atoms with van der Waals surface area (Å²) in [6, 6.07) is 12.8. The highest BCUT2D eigenvalue weighted by atomic mass is 19.1. The quantitative estimate of drug-likeness (QED) is 0.759. The second kappa shape index (κ2) is 6.82. The predicted molar refractivity (Wildman–Crippen MR) is 73.4 cm³/mol. The van der Waals surface area contributed by atoms with Gasteiger partial charge in [-0.2, -0.15) is 0 Å². The molecule has 0 radical (unpaired) electrons. The van der Waals surface area contributed by atoms with Gasteiger partial charge >= 0.3 is 0 Å². The van der Waals surface area contributed by atoms with Crippen molar-refractivity contribution < 1.29 is 18.7 Å². The van der Waals surface area contributed by atoms with Gasteiger partial charge < -0.3 is 9.47 Å². The molecule has 0 atom stereocenters. The first-order valence-corrected chi connectivity index (χ1v) is 6.18. The van der Waals surface area contributed by atoms with Crippen molar-refractivity contribution in [3.63, 3.8) is 0 Å². The van der Waals surface area contributed by atoms with Gasteiger partial charge in [-0.05, 0) is 42.0 Å². The molecule has 0 aliphatic carbocycles. The normalized spacial score (nSPS) is 10.3. The number of Topliss-reactive ketones (excluding diaryl/α,β-unsaturated/α-hetero) is 1. The van der Waals surface area contributed by atoms with Gasteiger partial charge in [-0.25, -0.2) is 4.39 Å². The Hall–Kier alpha value is -2.20. The van der Waals surface area contributed by atoms with Crippen LogP contribution in [-0.4, -0.2) is 19.5 Å². The maximum Gasteiger partial charge on any atom is 0.200 e. The number of methoxy groups -OCH3 is 1. The molecule has 0 spiro atoms. The molecule has 0 aliphatic heterocycles. The van der Waals surface area contributed by atoms with E-state index in [1.165, 1.54) is 24.3 Å². The van der Waals surface area contributed by atoms with Gasteiger partial charge in [0.15, 0.2) is 12.4 Å². The van der Waals surface area contributed by atoms with E-state index in [1.54, 1.807) is 13.2 Å². The number of hydrogen-bond acceptors (Lipinski definition) is 3. The SMILES string of the molecule is COCc1cccc(OCC(=O)c2ccc(F)cc2)c1. The van der Waals surface area contributed by atoms with Crippen LogP contribution in [0.2, 0.25) is 0 Å². The van der Waals surface area contributed by atoms with Crippen molar-refractivity contribution in [2.45, 2.75) is 6.61 Å². The van der Waals surface area contributed by atoms with Crippen LogP contribution in [0.5, 0.6) is 5.75 Å². The Morgan fingerprint density at radius 2 is 1.90 bits per heavy atom. The molecule has 4 heteroatoms. The minimum Gasteiger partial charge on any atom is -0.485 e. The van der Waals surface area contributed by atoms with Crippen LogP contribution in [0.15, 0.2) is 48.5 Å². The third-order valence-corrected chi connectivity index (χ3v) is 2.75. The second-order valence-corrected chi connectivity index (χ2v) is 4.30. The lowest BCUT2D eigenvalue weighted by molar-refractivity contribution is 0.0921. The van der Waals surface area contributed by atoms with Crippen LogP contribution in [0.3, 0.4) is 0 Å². The Morgan fingerprint density at radius 3 is 2.60 bits per heavy atom. The molecule has 2 aromatic carbocycles. The maximum absolute atomic E-state index is 12.8. The Bertz CT molecular complexity index is 579. The van der Waals surface area contributed by atoms with Crippen LogP contribution >= 0.6 is 0 Å². The van der Waals surface area contributed by atoms with Crippen LogP contribution in [0, 0.1) is 5.82 Å².